The van der Waals surface area contributed by atoms with Crippen molar-refractivity contribution >= 4 is 0 Å². The van der Waals surface area contributed by atoms with Gasteiger partial charge in [-0.05, 0) is 54.7 Å². The fourth-order valence-corrected chi connectivity index (χ4v) is 1.91. The zero-order valence-corrected chi connectivity index (χ0v) is 10.4. The molecular formula is C16H17O. The molecular weight excluding hydrogens is 208 g/mol. The lowest BCUT2D eigenvalue weighted by molar-refractivity contribution is 0.414. The van der Waals surface area contributed by atoms with Gasteiger partial charge in [0.25, 0.3) is 0 Å². The van der Waals surface area contributed by atoms with E-state index in [1.54, 1.807) is 7.11 Å². The average molecular weight is 225 g/mol. The summed E-state index contributed by atoms with van der Waals surface area (Å²) in [6.07, 6.45) is 0.905. The van der Waals surface area contributed by atoms with Gasteiger partial charge in [-0.25, -0.2) is 0 Å². The van der Waals surface area contributed by atoms with Crippen molar-refractivity contribution in [2.75, 3.05) is 7.11 Å². The van der Waals surface area contributed by atoms with Crippen LogP contribution >= 0.6 is 0 Å². The highest BCUT2D eigenvalue weighted by atomic mass is 16.5. The smallest absolute Gasteiger partial charge is 0.119 e. The highest BCUT2D eigenvalue weighted by molar-refractivity contribution is 5.41. The Balaban J connectivity index is 2.32. The second-order valence-corrected chi connectivity index (χ2v) is 4.24. The Morgan fingerprint density at radius 2 is 1.82 bits per heavy atom. The number of methoxy groups -OCH3 is 1. The summed E-state index contributed by atoms with van der Waals surface area (Å²) >= 11 is 0. The maximum Gasteiger partial charge on any atom is 0.119 e. The molecule has 0 aliphatic heterocycles. The van der Waals surface area contributed by atoms with Gasteiger partial charge in [0.1, 0.15) is 5.75 Å². The van der Waals surface area contributed by atoms with Crippen LogP contribution in [0.2, 0.25) is 0 Å². The second kappa shape index (κ2) is 5.05. The molecule has 0 atom stereocenters. The summed E-state index contributed by atoms with van der Waals surface area (Å²) < 4.78 is 5.25. The summed E-state index contributed by atoms with van der Waals surface area (Å²) in [7, 11) is 1.69. The van der Waals surface area contributed by atoms with Crippen LogP contribution in [-0.4, -0.2) is 7.11 Å². The first-order chi connectivity index (χ1) is 8.20. The minimum absolute atomic E-state index is 0.890. The van der Waals surface area contributed by atoms with Gasteiger partial charge in [-0.2, -0.15) is 0 Å². The molecule has 0 N–H and O–H groups in total. The Kier molecular flexibility index (Phi) is 3.48. The van der Waals surface area contributed by atoms with E-state index < -0.39 is 0 Å². The molecule has 0 aromatic heterocycles. The predicted molar refractivity (Wildman–Crippen MR) is 71.4 cm³/mol. The van der Waals surface area contributed by atoms with Gasteiger partial charge in [-0.1, -0.05) is 30.3 Å². The van der Waals surface area contributed by atoms with Crippen molar-refractivity contribution in [2.24, 2.45) is 0 Å². The average Bonchev–Trinajstić information content (AvgIpc) is 2.35. The van der Waals surface area contributed by atoms with Crippen molar-refractivity contribution in [1.82, 2.24) is 0 Å². The van der Waals surface area contributed by atoms with Gasteiger partial charge >= 0.3 is 0 Å². The number of ether oxygens (including phenoxy) is 1. The quantitative estimate of drug-likeness (QED) is 0.772. The van der Waals surface area contributed by atoms with E-state index in [-0.39, 0.29) is 0 Å². The zero-order valence-electron chi connectivity index (χ0n) is 10.4. The maximum atomic E-state index is 5.25. The topological polar surface area (TPSA) is 9.23 Å². The van der Waals surface area contributed by atoms with Crippen molar-refractivity contribution in [1.29, 1.82) is 0 Å². The molecule has 2 rings (SSSR count). The van der Waals surface area contributed by atoms with E-state index in [0.29, 0.717) is 0 Å². The van der Waals surface area contributed by atoms with E-state index in [1.165, 1.54) is 16.7 Å². The number of benzene rings is 2. The SMILES string of the molecule is [CH2]c1ccc(OC)cc1Cc1ccccc1C. The lowest BCUT2D eigenvalue weighted by Crippen LogP contribution is -1.95. The molecule has 0 aliphatic rings. The van der Waals surface area contributed by atoms with Crippen molar-refractivity contribution in [3.05, 3.63) is 71.6 Å². The molecule has 1 nitrogen and oxygen atoms in total. The van der Waals surface area contributed by atoms with Crippen molar-refractivity contribution in [3.63, 3.8) is 0 Å². The van der Waals surface area contributed by atoms with Crippen LogP contribution in [0.3, 0.4) is 0 Å². The summed E-state index contributed by atoms with van der Waals surface area (Å²) in [6, 6.07) is 14.5. The molecule has 0 amide bonds. The summed E-state index contributed by atoms with van der Waals surface area (Å²) in [6.45, 7) is 6.20. The summed E-state index contributed by atoms with van der Waals surface area (Å²) in [4.78, 5) is 0. The van der Waals surface area contributed by atoms with Crippen molar-refractivity contribution in [3.8, 4) is 5.75 Å². The number of hydrogen-bond donors (Lipinski definition) is 0. The van der Waals surface area contributed by atoms with E-state index in [4.69, 9.17) is 4.74 Å². The molecule has 17 heavy (non-hydrogen) atoms. The molecule has 0 fully saturated rings. The van der Waals surface area contributed by atoms with Gasteiger partial charge in [-0.15, -0.1) is 0 Å². The Morgan fingerprint density at radius 1 is 1.06 bits per heavy atom. The van der Waals surface area contributed by atoms with Gasteiger partial charge < -0.3 is 4.74 Å². The third kappa shape index (κ3) is 2.68. The largest absolute Gasteiger partial charge is 0.497 e. The Morgan fingerprint density at radius 3 is 2.53 bits per heavy atom. The zero-order chi connectivity index (χ0) is 12.3. The van der Waals surface area contributed by atoms with Gasteiger partial charge in [0.05, 0.1) is 7.11 Å². The van der Waals surface area contributed by atoms with E-state index >= 15 is 0 Å². The van der Waals surface area contributed by atoms with Crippen LogP contribution in [0.15, 0.2) is 42.5 Å². The fourth-order valence-electron chi connectivity index (χ4n) is 1.91. The highest BCUT2D eigenvalue weighted by Gasteiger charge is 2.04. The van der Waals surface area contributed by atoms with E-state index in [1.807, 2.05) is 12.1 Å². The minimum atomic E-state index is 0.890. The van der Waals surface area contributed by atoms with Crippen LogP contribution in [0.1, 0.15) is 22.3 Å². The molecule has 0 aliphatic carbocycles. The monoisotopic (exact) mass is 225 g/mol. The van der Waals surface area contributed by atoms with Gasteiger partial charge in [0.15, 0.2) is 0 Å². The standard InChI is InChI=1S/C16H17O/c1-12-6-4-5-7-14(12)10-15-11-16(17-3)9-8-13(15)2/h4-9,11H,2,10H2,1,3H3. The lowest BCUT2D eigenvalue weighted by Gasteiger charge is -2.10. The third-order valence-corrected chi connectivity index (χ3v) is 3.06. The highest BCUT2D eigenvalue weighted by Crippen LogP contribution is 2.21. The number of hydrogen-bond acceptors (Lipinski definition) is 1. The van der Waals surface area contributed by atoms with E-state index in [2.05, 4.69) is 44.2 Å². The Hall–Kier alpha value is -1.76. The van der Waals surface area contributed by atoms with E-state index in [9.17, 15) is 0 Å². The van der Waals surface area contributed by atoms with Crippen LogP contribution in [0.25, 0.3) is 0 Å². The predicted octanol–water partition coefficient (Wildman–Crippen LogP) is 3.78. The Labute approximate surface area is 103 Å². The maximum absolute atomic E-state index is 5.25. The normalized spacial score (nSPS) is 10.3. The third-order valence-electron chi connectivity index (χ3n) is 3.06. The summed E-state index contributed by atoms with van der Waals surface area (Å²) in [5.74, 6) is 0.890. The number of rotatable bonds is 3. The fraction of sp³-hybridized carbons (Fsp3) is 0.188. The second-order valence-electron chi connectivity index (χ2n) is 4.24. The van der Waals surface area contributed by atoms with Crippen LogP contribution in [-0.2, 0) is 6.42 Å². The van der Waals surface area contributed by atoms with Gasteiger partial charge in [0, 0.05) is 0 Å². The summed E-state index contributed by atoms with van der Waals surface area (Å²) in [5, 5.41) is 0. The molecule has 0 saturated carbocycles. The molecule has 0 bridgehead atoms. The molecule has 0 heterocycles. The van der Waals surface area contributed by atoms with Crippen molar-refractivity contribution in [2.45, 2.75) is 13.3 Å². The van der Waals surface area contributed by atoms with Gasteiger partial charge in [-0.3, -0.25) is 0 Å². The molecule has 0 saturated heterocycles. The first kappa shape index (κ1) is 11.7. The van der Waals surface area contributed by atoms with Gasteiger partial charge in [0.2, 0.25) is 0 Å². The Bertz CT molecular complexity index is 515. The summed E-state index contributed by atoms with van der Waals surface area (Å²) in [5.41, 5.74) is 4.94. The molecule has 2 aromatic carbocycles. The molecule has 0 unspecified atom stereocenters. The van der Waals surface area contributed by atoms with Crippen LogP contribution < -0.4 is 4.74 Å². The van der Waals surface area contributed by atoms with Crippen LogP contribution in [0.5, 0.6) is 5.75 Å². The van der Waals surface area contributed by atoms with Crippen LogP contribution in [0.4, 0.5) is 0 Å². The van der Waals surface area contributed by atoms with E-state index in [0.717, 1.165) is 17.7 Å². The molecule has 0 spiro atoms. The molecule has 87 valence electrons. The number of aryl methyl sites for hydroxylation is 1. The minimum Gasteiger partial charge on any atom is -0.497 e. The molecule has 2 aromatic rings. The first-order valence-corrected chi connectivity index (χ1v) is 5.74. The van der Waals surface area contributed by atoms with Crippen LogP contribution in [0, 0.1) is 13.8 Å². The van der Waals surface area contributed by atoms with Crippen molar-refractivity contribution < 1.29 is 4.74 Å². The lowest BCUT2D eigenvalue weighted by atomic mass is 9.97. The molecule has 1 radical (unpaired) electrons. The molecule has 1 heteroatoms. The first-order valence-electron chi connectivity index (χ1n) is 5.74.